The number of ether oxygens (including phenoxy) is 1. The Kier molecular flexibility index (Phi) is 3.54. The molecule has 2 nitrogen and oxygen atoms in total. The molecule has 0 saturated heterocycles. The van der Waals surface area contributed by atoms with E-state index in [0.29, 0.717) is 31.2 Å². The van der Waals surface area contributed by atoms with Gasteiger partial charge >= 0.3 is 5.97 Å². The SMILES string of the molecule is O=C(OC1CCC(F)CC1)c1ccccc1. The first kappa shape index (κ1) is 11.1. The molecule has 0 radical (unpaired) electrons. The fourth-order valence-electron chi connectivity index (χ4n) is 1.93. The standard InChI is InChI=1S/C13H15FO2/c14-11-6-8-12(9-7-11)16-13(15)10-4-2-1-3-5-10/h1-5,11-12H,6-9H2. The van der Waals surface area contributed by atoms with Gasteiger partial charge in [-0.3, -0.25) is 0 Å². The summed E-state index contributed by atoms with van der Waals surface area (Å²) >= 11 is 0. The second-order valence-electron chi connectivity index (χ2n) is 4.15. The van der Waals surface area contributed by atoms with Crippen molar-refractivity contribution in [2.45, 2.75) is 38.0 Å². The van der Waals surface area contributed by atoms with Gasteiger partial charge in [0.2, 0.25) is 0 Å². The highest BCUT2D eigenvalue weighted by molar-refractivity contribution is 5.89. The Balaban J connectivity index is 1.88. The molecule has 16 heavy (non-hydrogen) atoms. The van der Waals surface area contributed by atoms with Crippen molar-refractivity contribution < 1.29 is 13.9 Å². The van der Waals surface area contributed by atoms with Gasteiger partial charge in [0.05, 0.1) is 5.56 Å². The van der Waals surface area contributed by atoms with Crippen LogP contribution in [-0.2, 0) is 4.74 Å². The van der Waals surface area contributed by atoms with Crippen LogP contribution in [0.5, 0.6) is 0 Å². The lowest BCUT2D eigenvalue weighted by Crippen LogP contribution is -2.25. The van der Waals surface area contributed by atoms with Crippen molar-refractivity contribution in [3.8, 4) is 0 Å². The van der Waals surface area contributed by atoms with E-state index in [-0.39, 0.29) is 12.1 Å². The summed E-state index contributed by atoms with van der Waals surface area (Å²) in [6.45, 7) is 0. The quantitative estimate of drug-likeness (QED) is 0.718. The summed E-state index contributed by atoms with van der Waals surface area (Å²) in [5.74, 6) is -0.303. The van der Waals surface area contributed by atoms with Crippen LogP contribution in [0.3, 0.4) is 0 Å². The molecule has 0 heterocycles. The van der Waals surface area contributed by atoms with Crippen molar-refractivity contribution in [3.05, 3.63) is 35.9 Å². The van der Waals surface area contributed by atoms with E-state index in [1.54, 1.807) is 24.3 Å². The van der Waals surface area contributed by atoms with Gasteiger partial charge in [0.25, 0.3) is 0 Å². The van der Waals surface area contributed by atoms with Gasteiger partial charge in [-0.15, -0.1) is 0 Å². The second-order valence-corrected chi connectivity index (χ2v) is 4.15. The molecule has 0 aromatic heterocycles. The fraction of sp³-hybridized carbons (Fsp3) is 0.462. The van der Waals surface area contributed by atoms with E-state index in [1.807, 2.05) is 6.07 Å². The molecule has 0 bridgehead atoms. The van der Waals surface area contributed by atoms with Gasteiger partial charge in [-0.2, -0.15) is 0 Å². The van der Waals surface area contributed by atoms with Crippen LogP contribution in [-0.4, -0.2) is 18.2 Å². The average Bonchev–Trinajstić information content (AvgIpc) is 2.33. The molecule has 1 aliphatic rings. The van der Waals surface area contributed by atoms with Gasteiger partial charge in [-0.1, -0.05) is 18.2 Å². The molecule has 0 N–H and O–H groups in total. The molecule has 3 heteroatoms. The Bertz CT molecular complexity index is 342. The summed E-state index contributed by atoms with van der Waals surface area (Å²) in [6.07, 6.45) is 1.46. The molecule has 0 unspecified atom stereocenters. The fourth-order valence-corrected chi connectivity index (χ4v) is 1.93. The molecule has 86 valence electrons. The highest BCUT2D eigenvalue weighted by Gasteiger charge is 2.23. The highest BCUT2D eigenvalue weighted by Crippen LogP contribution is 2.24. The number of alkyl halides is 1. The maximum atomic E-state index is 12.9. The zero-order valence-electron chi connectivity index (χ0n) is 9.06. The lowest BCUT2D eigenvalue weighted by molar-refractivity contribution is 0.0141. The maximum absolute atomic E-state index is 12.9. The summed E-state index contributed by atoms with van der Waals surface area (Å²) in [7, 11) is 0. The Hall–Kier alpha value is -1.38. The largest absolute Gasteiger partial charge is 0.459 e. The molecule has 0 spiro atoms. The highest BCUT2D eigenvalue weighted by atomic mass is 19.1. The third kappa shape index (κ3) is 2.81. The van der Waals surface area contributed by atoms with Gasteiger partial charge in [-0.25, -0.2) is 9.18 Å². The molecule has 1 aromatic carbocycles. The van der Waals surface area contributed by atoms with Crippen LogP contribution in [0.15, 0.2) is 30.3 Å². The molecular weight excluding hydrogens is 207 g/mol. The first-order valence-electron chi connectivity index (χ1n) is 5.66. The third-order valence-corrected chi connectivity index (χ3v) is 2.89. The van der Waals surface area contributed by atoms with Gasteiger partial charge in [0.1, 0.15) is 12.3 Å². The predicted molar refractivity (Wildman–Crippen MR) is 59.0 cm³/mol. The lowest BCUT2D eigenvalue weighted by Gasteiger charge is -2.24. The van der Waals surface area contributed by atoms with Crippen LogP contribution in [0.2, 0.25) is 0 Å². The van der Waals surface area contributed by atoms with Crippen molar-refractivity contribution in [2.75, 3.05) is 0 Å². The molecular formula is C13H15FO2. The van der Waals surface area contributed by atoms with Crippen molar-refractivity contribution in [1.29, 1.82) is 0 Å². The minimum absolute atomic E-state index is 0.111. The van der Waals surface area contributed by atoms with Crippen molar-refractivity contribution in [2.24, 2.45) is 0 Å². The Labute approximate surface area is 94.4 Å². The Morgan fingerprint density at radius 3 is 2.38 bits per heavy atom. The minimum Gasteiger partial charge on any atom is -0.459 e. The van der Waals surface area contributed by atoms with Crippen molar-refractivity contribution in [1.82, 2.24) is 0 Å². The zero-order valence-corrected chi connectivity index (χ0v) is 9.06. The number of hydrogen-bond acceptors (Lipinski definition) is 2. The van der Waals surface area contributed by atoms with E-state index < -0.39 is 6.17 Å². The summed E-state index contributed by atoms with van der Waals surface area (Å²) in [6, 6.07) is 8.90. The Morgan fingerprint density at radius 1 is 1.12 bits per heavy atom. The number of benzene rings is 1. The maximum Gasteiger partial charge on any atom is 0.338 e. The monoisotopic (exact) mass is 222 g/mol. The molecule has 0 aliphatic heterocycles. The predicted octanol–water partition coefficient (Wildman–Crippen LogP) is 3.12. The number of hydrogen-bond donors (Lipinski definition) is 0. The third-order valence-electron chi connectivity index (χ3n) is 2.89. The number of rotatable bonds is 2. The van der Waals surface area contributed by atoms with Gasteiger partial charge in [0.15, 0.2) is 0 Å². The van der Waals surface area contributed by atoms with Crippen LogP contribution in [0, 0.1) is 0 Å². The van der Waals surface area contributed by atoms with E-state index in [0.717, 1.165) is 0 Å². The second kappa shape index (κ2) is 5.10. The van der Waals surface area contributed by atoms with Crippen molar-refractivity contribution in [3.63, 3.8) is 0 Å². The summed E-state index contributed by atoms with van der Waals surface area (Å²) < 4.78 is 18.2. The van der Waals surface area contributed by atoms with E-state index in [4.69, 9.17) is 4.74 Å². The number of esters is 1. The lowest BCUT2D eigenvalue weighted by atomic mass is 9.96. The van der Waals surface area contributed by atoms with E-state index >= 15 is 0 Å². The molecule has 1 saturated carbocycles. The number of carbonyl (C=O) groups excluding carboxylic acids is 1. The normalized spacial score (nSPS) is 25.1. The van der Waals surface area contributed by atoms with E-state index in [1.165, 1.54) is 0 Å². The smallest absolute Gasteiger partial charge is 0.338 e. The first-order valence-corrected chi connectivity index (χ1v) is 5.66. The molecule has 0 amide bonds. The summed E-state index contributed by atoms with van der Waals surface area (Å²) in [5, 5.41) is 0. The zero-order chi connectivity index (χ0) is 11.4. The number of carbonyl (C=O) groups is 1. The van der Waals surface area contributed by atoms with Crippen LogP contribution in [0.4, 0.5) is 4.39 Å². The van der Waals surface area contributed by atoms with Gasteiger partial charge in [-0.05, 0) is 37.8 Å². The molecule has 1 aromatic rings. The van der Waals surface area contributed by atoms with Crippen LogP contribution in [0.1, 0.15) is 36.0 Å². The Morgan fingerprint density at radius 2 is 1.75 bits per heavy atom. The average molecular weight is 222 g/mol. The molecule has 0 atom stereocenters. The van der Waals surface area contributed by atoms with Crippen molar-refractivity contribution >= 4 is 5.97 Å². The van der Waals surface area contributed by atoms with Crippen LogP contribution in [0.25, 0.3) is 0 Å². The summed E-state index contributed by atoms with van der Waals surface area (Å²) in [5.41, 5.74) is 0.560. The first-order chi connectivity index (χ1) is 7.75. The molecule has 1 fully saturated rings. The minimum atomic E-state index is -0.716. The van der Waals surface area contributed by atoms with Gasteiger partial charge < -0.3 is 4.74 Å². The van der Waals surface area contributed by atoms with Crippen LogP contribution < -0.4 is 0 Å². The van der Waals surface area contributed by atoms with E-state index in [2.05, 4.69) is 0 Å². The molecule has 2 rings (SSSR count). The molecule has 1 aliphatic carbocycles. The van der Waals surface area contributed by atoms with Crippen LogP contribution >= 0.6 is 0 Å². The number of halogens is 1. The topological polar surface area (TPSA) is 26.3 Å². The van der Waals surface area contributed by atoms with Gasteiger partial charge in [0, 0.05) is 0 Å². The van der Waals surface area contributed by atoms with E-state index in [9.17, 15) is 9.18 Å². The summed E-state index contributed by atoms with van der Waals surface area (Å²) in [4.78, 5) is 11.7.